The Morgan fingerprint density at radius 3 is 2.38 bits per heavy atom. The lowest BCUT2D eigenvalue weighted by atomic mass is 10.0. The number of phenolic OH excluding ortho intramolecular Hbond substituents is 1. The molecule has 0 bridgehead atoms. The molecule has 3 aromatic carbocycles. The number of carbonyl (C=O) groups is 2. The van der Waals surface area contributed by atoms with Crippen LogP contribution >= 0.6 is 45.8 Å². The molecule has 0 saturated heterocycles. The van der Waals surface area contributed by atoms with E-state index in [1.807, 2.05) is 6.07 Å². The third kappa shape index (κ3) is 6.38. The Balaban J connectivity index is 1.81. The Morgan fingerprint density at radius 2 is 1.68 bits per heavy atom. The summed E-state index contributed by atoms with van der Waals surface area (Å²) in [6, 6.07) is 16.0. The van der Waals surface area contributed by atoms with Gasteiger partial charge in [-0.2, -0.15) is 0 Å². The summed E-state index contributed by atoms with van der Waals surface area (Å²) in [5, 5.41) is 11.4. The summed E-state index contributed by atoms with van der Waals surface area (Å²) in [6.45, 7) is 1.32. The second kappa shape index (κ2) is 12.4. The molecule has 0 radical (unpaired) electrons. The first-order valence-electron chi connectivity index (χ1n) is 11.5. The highest BCUT2D eigenvalue weighted by Crippen LogP contribution is 2.37. The van der Waals surface area contributed by atoms with Crippen LogP contribution in [-0.2, 0) is 20.8 Å². The number of hydrogen-bond donors (Lipinski definition) is 1. The molecule has 7 nitrogen and oxygen atoms in total. The summed E-state index contributed by atoms with van der Waals surface area (Å²) in [4.78, 5) is 31.4. The van der Waals surface area contributed by atoms with E-state index in [2.05, 4.69) is 22.6 Å². The van der Waals surface area contributed by atoms with E-state index in [1.54, 1.807) is 60.5 Å². The van der Waals surface area contributed by atoms with Gasteiger partial charge in [-0.05, 0) is 70.6 Å². The highest BCUT2D eigenvalue weighted by Gasteiger charge is 2.40. The molecule has 0 fully saturated rings. The quantitative estimate of drug-likeness (QED) is 0.237. The number of aromatic hydroxyl groups is 1. The maximum atomic E-state index is 14.2. The molecule has 2 amide bonds. The third-order valence-electron chi connectivity index (χ3n) is 6.02. The first kappa shape index (κ1) is 27.7. The number of fused-ring (bicyclic) bond motifs is 1. The number of ether oxygens (including phenoxy) is 2. The predicted octanol–water partition coefficient (Wildman–Crippen LogP) is 5.70. The molecule has 1 N–H and O–H groups in total. The van der Waals surface area contributed by atoms with Crippen molar-refractivity contribution in [3.63, 3.8) is 0 Å². The van der Waals surface area contributed by atoms with Crippen molar-refractivity contribution in [2.24, 2.45) is 0 Å². The van der Waals surface area contributed by atoms with Crippen molar-refractivity contribution in [1.82, 2.24) is 4.90 Å². The summed E-state index contributed by atoms with van der Waals surface area (Å²) in [6.07, 6.45) is 0. The number of carbonyl (C=O) groups excluding carboxylic acids is 2. The number of phenols is 1. The fraction of sp³-hybridized carbons (Fsp3) is 0.259. The van der Waals surface area contributed by atoms with Crippen LogP contribution in [0.2, 0.25) is 10.0 Å². The van der Waals surface area contributed by atoms with Gasteiger partial charge in [-0.1, -0.05) is 41.4 Å². The maximum Gasteiger partial charge on any atom is 0.257 e. The zero-order valence-electron chi connectivity index (χ0n) is 20.0. The van der Waals surface area contributed by atoms with Gasteiger partial charge in [-0.3, -0.25) is 9.59 Å². The van der Waals surface area contributed by atoms with Crippen LogP contribution in [0.3, 0.4) is 0 Å². The highest BCUT2D eigenvalue weighted by atomic mass is 127. The SMILES string of the molecule is COCCOCCN1C(=O)[C@H](c2ccc(Cl)cc2)N(Cc2ccc(Cl)cc2O)C(=O)c2cc(I)ccc21. The van der Waals surface area contributed by atoms with Crippen molar-refractivity contribution in [2.75, 3.05) is 38.4 Å². The van der Waals surface area contributed by atoms with Crippen LogP contribution in [0.15, 0.2) is 60.7 Å². The number of anilines is 1. The Bertz CT molecular complexity index is 1290. The zero-order chi connectivity index (χ0) is 26.5. The standard InChI is InChI=1S/C27H25Cl2IN2O5/c1-36-12-13-37-11-10-31-23-9-8-21(30)15-22(23)26(34)32(16-18-4-7-20(29)14-24(18)33)25(27(31)35)17-2-5-19(28)6-3-17/h2-9,14-15,25,33H,10-13,16H2,1H3/t25-/m0/s1. The van der Waals surface area contributed by atoms with Crippen molar-refractivity contribution in [3.8, 4) is 5.75 Å². The molecule has 1 atom stereocenters. The number of amides is 2. The summed E-state index contributed by atoms with van der Waals surface area (Å²) < 4.78 is 11.5. The molecule has 0 unspecified atom stereocenters. The topological polar surface area (TPSA) is 79.3 Å². The Kier molecular flexibility index (Phi) is 9.31. The number of benzene rings is 3. The molecule has 0 spiro atoms. The Morgan fingerprint density at radius 1 is 0.946 bits per heavy atom. The fourth-order valence-electron chi connectivity index (χ4n) is 4.20. The van der Waals surface area contributed by atoms with Gasteiger partial charge >= 0.3 is 0 Å². The molecule has 1 aliphatic rings. The second-order valence-corrected chi connectivity index (χ2v) is 10.5. The van der Waals surface area contributed by atoms with Crippen molar-refractivity contribution in [1.29, 1.82) is 0 Å². The molecule has 3 aromatic rings. The lowest BCUT2D eigenvalue weighted by Gasteiger charge is -2.31. The minimum Gasteiger partial charge on any atom is -0.508 e. The van der Waals surface area contributed by atoms with Gasteiger partial charge in [0.25, 0.3) is 11.8 Å². The average molecular weight is 655 g/mol. The summed E-state index contributed by atoms with van der Waals surface area (Å²) in [5.74, 6) is -0.684. The van der Waals surface area contributed by atoms with Crippen LogP contribution in [0.25, 0.3) is 0 Å². The molecule has 1 heterocycles. The molecule has 1 aliphatic heterocycles. The third-order valence-corrected chi connectivity index (χ3v) is 7.18. The molecule has 0 aliphatic carbocycles. The Labute approximate surface area is 239 Å². The first-order chi connectivity index (χ1) is 17.8. The largest absolute Gasteiger partial charge is 0.508 e. The van der Waals surface area contributed by atoms with Crippen molar-refractivity contribution < 1.29 is 24.2 Å². The summed E-state index contributed by atoms with van der Waals surface area (Å²) in [7, 11) is 1.59. The van der Waals surface area contributed by atoms with Gasteiger partial charge in [-0.15, -0.1) is 0 Å². The predicted molar refractivity (Wildman–Crippen MR) is 151 cm³/mol. The molecule has 4 rings (SSSR count). The first-order valence-corrected chi connectivity index (χ1v) is 13.3. The second-order valence-electron chi connectivity index (χ2n) is 8.42. The van der Waals surface area contributed by atoms with Gasteiger partial charge in [0.1, 0.15) is 11.8 Å². The molecule has 0 aromatic heterocycles. The molecular weight excluding hydrogens is 630 g/mol. The van der Waals surface area contributed by atoms with E-state index in [-0.39, 0.29) is 37.3 Å². The van der Waals surface area contributed by atoms with Gasteiger partial charge < -0.3 is 24.4 Å². The van der Waals surface area contributed by atoms with Gasteiger partial charge in [-0.25, -0.2) is 0 Å². The van der Waals surface area contributed by atoms with E-state index in [0.717, 1.165) is 3.57 Å². The van der Waals surface area contributed by atoms with E-state index in [1.165, 1.54) is 11.0 Å². The van der Waals surface area contributed by atoms with Gasteiger partial charge in [0.15, 0.2) is 0 Å². The van der Waals surface area contributed by atoms with Gasteiger partial charge in [0.2, 0.25) is 0 Å². The normalized spacial score (nSPS) is 15.6. The van der Waals surface area contributed by atoms with Crippen molar-refractivity contribution >= 4 is 63.3 Å². The van der Waals surface area contributed by atoms with E-state index in [4.69, 9.17) is 32.7 Å². The minimum atomic E-state index is -0.969. The fourth-order valence-corrected chi connectivity index (χ4v) is 4.99. The van der Waals surface area contributed by atoms with E-state index < -0.39 is 6.04 Å². The van der Waals surface area contributed by atoms with Crippen LogP contribution in [-0.4, -0.2) is 55.3 Å². The van der Waals surface area contributed by atoms with E-state index in [0.29, 0.717) is 45.6 Å². The molecule has 10 heteroatoms. The molecular formula is C27H25Cl2IN2O5. The lowest BCUT2D eigenvalue weighted by molar-refractivity contribution is -0.123. The average Bonchev–Trinajstić information content (AvgIpc) is 2.95. The number of hydrogen-bond acceptors (Lipinski definition) is 5. The number of nitrogens with zero attached hydrogens (tertiary/aromatic N) is 2. The van der Waals surface area contributed by atoms with Crippen LogP contribution in [0, 0.1) is 3.57 Å². The monoisotopic (exact) mass is 654 g/mol. The lowest BCUT2D eigenvalue weighted by Crippen LogP contribution is -2.43. The number of rotatable bonds is 9. The van der Waals surface area contributed by atoms with Crippen LogP contribution < -0.4 is 4.90 Å². The van der Waals surface area contributed by atoms with Crippen molar-refractivity contribution in [3.05, 3.63) is 91.0 Å². The van der Waals surface area contributed by atoms with E-state index >= 15 is 0 Å². The van der Waals surface area contributed by atoms with Crippen LogP contribution in [0.1, 0.15) is 27.5 Å². The molecule has 0 saturated carbocycles. The van der Waals surface area contributed by atoms with E-state index in [9.17, 15) is 14.7 Å². The van der Waals surface area contributed by atoms with Gasteiger partial charge in [0.05, 0.1) is 37.6 Å². The smallest absolute Gasteiger partial charge is 0.257 e. The molecule has 194 valence electrons. The maximum absolute atomic E-state index is 14.2. The molecule has 37 heavy (non-hydrogen) atoms. The Hall–Kier alpha value is -2.37. The summed E-state index contributed by atoms with van der Waals surface area (Å²) >= 11 is 14.3. The summed E-state index contributed by atoms with van der Waals surface area (Å²) in [5.41, 5.74) is 1.96. The van der Waals surface area contributed by atoms with Crippen molar-refractivity contribution in [2.45, 2.75) is 12.6 Å². The van der Waals surface area contributed by atoms with Gasteiger partial charge in [0, 0.05) is 32.8 Å². The minimum absolute atomic E-state index is 0.00996. The van der Waals surface area contributed by atoms with Crippen LogP contribution in [0.4, 0.5) is 5.69 Å². The number of halogens is 3. The highest BCUT2D eigenvalue weighted by molar-refractivity contribution is 14.1. The number of methoxy groups -OCH3 is 1. The van der Waals surface area contributed by atoms with Crippen LogP contribution in [0.5, 0.6) is 5.75 Å². The zero-order valence-corrected chi connectivity index (χ0v) is 23.7.